The highest BCUT2D eigenvalue weighted by atomic mass is 15.3. The lowest BCUT2D eigenvalue weighted by Crippen LogP contribution is -2.51. The fraction of sp³-hybridized carbons (Fsp3) is 0.583. The molecule has 5 heteroatoms. The number of hydrogen-bond acceptors (Lipinski definition) is 5. The van der Waals surface area contributed by atoms with Crippen LogP contribution < -0.4 is 4.90 Å². The Morgan fingerprint density at radius 1 is 1.41 bits per heavy atom. The maximum Gasteiger partial charge on any atom is 0.158 e. The zero-order valence-electron chi connectivity index (χ0n) is 10.3. The van der Waals surface area contributed by atoms with Crippen LogP contribution in [0.5, 0.6) is 0 Å². The van der Waals surface area contributed by atoms with Gasteiger partial charge in [0, 0.05) is 25.7 Å². The maximum absolute atomic E-state index is 8.68. The van der Waals surface area contributed by atoms with Crippen LogP contribution in [-0.2, 0) is 0 Å². The molecule has 1 aromatic rings. The molecule has 90 valence electrons. The number of aromatic nitrogens is 2. The molecule has 17 heavy (non-hydrogen) atoms. The van der Waals surface area contributed by atoms with Crippen molar-refractivity contribution in [3.8, 4) is 6.07 Å². The summed E-state index contributed by atoms with van der Waals surface area (Å²) in [5.74, 6) is 0.871. The van der Waals surface area contributed by atoms with Crippen LogP contribution in [0, 0.1) is 11.3 Å². The summed E-state index contributed by atoms with van der Waals surface area (Å²) >= 11 is 0. The standard InChI is InChI=1S/C12H17N5/c1-3-11-9-17(5-4-16(11)2)12-8-14-10(6-13)7-15-12/h7-8,11H,3-5,9H2,1-2H3. The molecule has 0 radical (unpaired) electrons. The van der Waals surface area contributed by atoms with Gasteiger partial charge in [0.2, 0.25) is 0 Å². The highest BCUT2D eigenvalue weighted by Crippen LogP contribution is 2.16. The van der Waals surface area contributed by atoms with E-state index < -0.39 is 0 Å². The van der Waals surface area contributed by atoms with Crippen molar-refractivity contribution in [2.45, 2.75) is 19.4 Å². The zero-order chi connectivity index (χ0) is 12.3. The van der Waals surface area contributed by atoms with E-state index in [4.69, 9.17) is 5.26 Å². The molecule has 1 saturated heterocycles. The molecule has 1 aliphatic rings. The van der Waals surface area contributed by atoms with Crippen LogP contribution in [0.2, 0.25) is 0 Å². The molecule has 5 nitrogen and oxygen atoms in total. The van der Waals surface area contributed by atoms with Gasteiger partial charge in [0.15, 0.2) is 5.69 Å². The van der Waals surface area contributed by atoms with Gasteiger partial charge < -0.3 is 4.90 Å². The normalized spacial score (nSPS) is 21.2. The van der Waals surface area contributed by atoms with Gasteiger partial charge in [-0.2, -0.15) is 5.26 Å². The monoisotopic (exact) mass is 231 g/mol. The molecular weight excluding hydrogens is 214 g/mol. The van der Waals surface area contributed by atoms with Crippen LogP contribution in [0.3, 0.4) is 0 Å². The van der Waals surface area contributed by atoms with E-state index in [2.05, 4.69) is 33.7 Å². The summed E-state index contributed by atoms with van der Waals surface area (Å²) in [6.45, 7) is 5.19. The van der Waals surface area contributed by atoms with Gasteiger partial charge in [-0.3, -0.25) is 4.90 Å². The molecule has 2 rings (SSSR count). The van der Waals surface area contributed by atoms with E-state index in [9.17, 15) is 0 Å². The predicted octanol–water partition coefficient (Wildman–Crippen LogP) is 0.879. The average Bonchev–Trinajstić information content (AvgIpc) is 2.39. The largest absolute Gasteiger partial charge is 0.352 e. The first kappa shape index (κ1) is 11.8. The fourth-order valence-corrected chi connectivity index (χ4v) is 2.14. The molecule has 2 heterocycles. The van der Waals surface area contributed by atoms with Crippen molar-refractivity contribution in [3.63, 3.8) is 0 Å². The van der Waals surface area contributed by atoms with Gasteiger partial charge in [-0.05, 0) is 13.5 Å². The van der Waals surface area contributed by atoms with Gasteiger partial charge in [0.25, 0.3) is 0 Å². The molecule has 1 aromatic heterocycles. The summed E-state index contributed by atoms with van der Waals surface area (Å²) in [4.78, 5) is 13.0. The third-order valence-electron chi connectivity index (χ3n) is 3.33. The summed E-state index contributed by atoms with van der Waals surface area (Å²) in [6, 6.07) is 2.55. The van der Waals surface area contributed by atoms with Gasteiger partial charge in [-0.1, -0.05) is 6.92 Å². The van der Waals surface area contributed by atoms with Crippen LogP contribution >= 0.6 is 0 Å². The van der Waals surface area contributed by atoms with Crippen LogP contribution in [0.4, 0.5) is 5.82 Å². The van der Waals surface area contributed by atoms with E-state index in [-0.39, 0.29) is 0 Å². The van der Waals surface area contributed by atoms with Crippen LogP contribution in [0.1, 0.15) is 19.0 Å². The Balaban J connectivity index is 2.09. The smallest absolute Gasteiger partial charge is 0.158 e. The highest BCUT2D eigenvalue weighted by Gasteiger charge is 2.23. The Labute approximate surface area is 102 Å². The van der Waals surface area contributed by atoms with Crippen molar-refractivity contribution in [3.05, 3.63) is 18.1 Å². The van der Waals surface area contributed by atoms with Crippen molar-refractivity contribution in [2.75, 3.05) is 31.6 Å². The van der Waals surface area contributed by atoms with Crippen molar-refractivity contribution >= 4 is 5.82 Å². The Hall–Kier alpha value is -1.67. The third kappa shape index (κ3) is 2.53. The SMILES string of the molecule is CCC1CN(c2cnc(C#N)cn2)CCN1C. The molecule has 1 atom stereocenters. The van der Waals surface area contributed by atoms with E-state index in [0.29, 0.717) is 11.7 Å². The first-order valence-electron chi connectivity index (χ1n) is 5.92. The minimum atomic E-state index is 0.370. The van der Waals surface area contributed by atoms with Crippen LogP contribution in [-0.4, -0.2) is 47.6 Å². The van der Waals surface area contributed by atoms with Gasteiger partial charge in [-0.15, -0.1) is 0 Å². The molecule has 1 fully saturated rings. The average molecular weight is 231 g/mol. The molecule has 1 aliphatic heterocycles. The lowest BCUT2D eigenvalue weighted by atomic mass is 10.1. The van der Waals surface area contributed by atoms with Gasteiger partial charge in [-0.25, -0.2) is 9.97 Å². The lowest BCUT2D eigenvalue weighted by Gasteiger charge is -2.39. The van der Waals surface area contributed by atoms with E-state index in [1.54, 1.807) is 6.20 Å². The minimum absolute atomic E-state index is 0.370. The third-order valence-corrected chi connectivity index (χ3v) is 3.33. The summed E-state index contributed by atoms with van der Waals surface area (Å²) in [7, 11) is 2.16. The number of rotatable bonds is 2. The second kappa shape index (κ2) is 5.11. The number of nitriles is 1. The Bertz CT molecular complexity index is 408. The summed E-state index contributed by atoms with van der Waals surface area (Å²) in [6.07, 6.45) is 4.36. The van der Waals surface area contributed by atoms with Crippen LogP contribution in [0.25, 0.3) is 0 Å². The van der Waals surface area contributed by atoms with Gasteiger partial charge in [0.05, 0.1) is 12.4 Å². The Morgan fingerprint density at radius 2 is 2.24 bits per heavy atom. The zero-order valence-corrected chi connectivity index (χ0v) is 10.3. The molecule has 0 bridgehead atoms. The first-order valence-corrected chi connectivity index (χ1v) is 5.92. The van der Waals surface area contributed by atoms with Gasteiger partial charge in [0.1, 0.15) is 11.9 Å². The fourth-order valence-electron chi connectivity index (χ4n) is 2.14. The molecule has 1 unspecified atom stereocenters. The summed E-state index contributed by atoms with van der Waals surface area (Å²) in [5.41, 5.74) is 0.370. The number of hydrogen-bond donors (Lipinski definition) is 0. The minimum Gasteiger partial charge on any atom is -0.352 e. The number of nitrogens with zero attached hydrogens (tertiary/aromatic N) is 5. The number of anilines is 1. The Kier molecular flexibility index (Phi) is 3.55. The molecule has 0 saturated carbocycles. The van der Waals surface area contributed by atoms with Crippen molar-refractivity contribution < 1.29 is 0 Å². The van der Waals surface area contributed by atoms with Crippen molar-refractivity contribution in [2.24, 2.45) is 0 Å². The molecular formula is C12H17N5. The van der Waals surface area contributed by atoms with E-state index in [0.717, 1.165) is 31.9 Å². The summed E-state index contributed by atoms with van der Waals surface area (Å²) < 4.78 is 0. The number of piperazine rings is 1. The lowest BCUT2D eigenvalue weighted by molar-refractivity contribution is 0.213. The van der Waals surface area contributed by atoms with E-state index in [1.807, 2.05) is 6.07 Å². The topological polar surface area (TPSA) is 56.1 Å². The Morgan fingerprint density at radius 3 is 2.82 bits per heavy atom. The maximum atomic E-state index is 8.68. The second-order valence-electron chi connectivity index (χ2n) is 4.36. The molecule has 0 amide bonds. The number of likely N-dealkylation sites (N-methyl/N-ethyl adjacent to an activating group) is 1. The molecule has 0 aromatic carbocycles. The quantitative estimate of drug-likeness (QED) is 0.756. The second-order valence-corrected chi connectivity index (χ2v) is 4.36. The van der Waals surface area contributed by atoms with Gasteiger partial charge >= 0.3 is 0 Å². The predicted molar refractivity (Wildman–Crippen MR) is 65.7 cm³/mol. The highest BCUT2D eigenvalue weighted by molar-refractivity contribution is 5.38. The van der Waals surface area contributed by atoms with E-state index >= 15 is 0 Å². The first-order chi connectivity index (χ1) is 8.24. The molecule has 0 aliphatic carbocycles. The molecule has 0 spiro atoms. The van der Waals surface area contributed by atoms with Crippen molar-refractivity contribution in [1.29, 1.82) is 5.26 Å². The summed E-state index contributed by atoms with van der Waals surface area (Å²) in [5, 5.41) is 8.68. The molecule has 0 N–H and O–H groups in total. The van der Waals surface area contributed by atoms with Crippen molar-refractivity contribution in [1.82, 2.24) is 14.9 Å². The van der Waals surface area contributed by atoms with Crippen LogP contribution in [0.15, 0.2) is 12.4 Å². The van der Waals surface area contributed by atoms with E-state index in [1.165, 1.54) is 6.20 Å².